The van der Waals surface area contributed by atoms with Crippen molar-refractivity contribution >= 4 is 35.0 Å². The molecule has 2 aromatic rings. The van der Waals surface area contributed by atoms with E-state index in [0.717, 1.165) is 6.07 Å². The lowest BCUT2D eigenvalue weighted by atomic mass is 9.85. The molecule has 1 aromatic heterocycles. The van der Waals surface area contributed by atoms with Crippen LogP contribution < -0.4 is 16.4 Å². The SMILES string of the molecule is COC[C@@H](C)NC(=O)c1ncn([C@H]2CC[C@H](C(=O)Nc3c(F)cc(F)cc3Cl)CC2)c1C(N)=O. The second-order valence-electron chi connectivity index (χ2n) is 8.28. The van der Waals surface area contributed by atoms with Gasteiger partial charge in [-0.2, -0.15) is 0 Å². The first kappa shape index (κ1) is 25.6. The minimum atomic E-state index is -0.956. The number of methoxy groups -OCH3 is 1. The van der Waals surface area contributed by atoms with Crippen LogP contribution in [-0.4, -0.2) is 47.0 Å². The normalized spacial score (nSPS) is 18.9. The summed E-state index contributed by atoms with van der Waals surface area (Å²) in [5.41, 5.74) is 5.21. The first-order chi connectivity index (χ1) is 16.1. The topological polar surface area (TPSA) is 128 Å². The molecule has 9 nitrogen and oxygen atoms in total. The van der Waals surface area contributed by atoms with Gasteiger partial charge in [0.05, 0.1) is 23.6 Å². The van der Waals surface area contributed by atoms with Gasteiger partial charge in [0, 0.05) is 31.2 Å². The smallest absolute Gasteiger partial charge is 0.272 e. The summed E-state index contributed by atoms with van der Waals surface area (Å²) in [6, 6.07) is 1.07. The predicted molar refractivity (Wildman–Crippen MR) is 121 cm³/mol. The summed E-state index contributed by atoms with van der Waals surface area (Å²) in [4.78, 5) is 41.5. The number of anilines is 1. The van der Waals surface area contributed by atoms with Crippen LogP contribution in [0.4, 0.5) is 14.5 Å². The van der Waals surface area contributed by atoms with Crippen molar-refractivity contribution in [2.24, 2.45) is 11.7 Å². The molecule has 1 heterocycles. The Morgan fingerprint density at radius 1 is 1.26 bits per heavy atom. The standard InChI is InChI=1S/C22H26ClF2N5O4/c1-11(9-34-2)28-22(33)18-19(20(26)31)30(10-27-18)14-5-3-12(4-6-14)21(32)29-17-15(23)7-13(24)8-16(17)25/h7-8,10-12,14H,3-6,9H2,1-2H3,(H2,26,31)(H,28,33)(H,29,32)/t11-,12-,14-/m1/s1. The number of imidazole rings is 1. The fourth-order valence-electron chi connectivity index (χ4n) is 4.13. The van der Waals surface area contributed by atoms with Gasteiger partial charge in [0.1, 0.15) is 11.5 Å². The number of rotatable bonds is 8. The highest BCUT2D eigenvalue weighted by Crippen LogP contribution is 2.35. The van der Waals surface area contributed by atoms with Crippen molar-refractivity contribution in [2.45, 2.75) is 44.7 Å². The maximum Gasteiger partial charge on any atom is 0.272 e. The van der Waals surface area contributed by atoms with Gasteiger partial charge in [0.15, 0.2) is 11.5 Å². The van der Waals surface area contributed by atoms with Gasteiger partial charge >= 0.3 is 0 Å². The molecule has 0 saturated heterocycles. The molecule has 12 heteroatoms. The molecule has 0 unspecified atom stereocenters. The molecule has 0 radical (unpaired) electrons. The number of carbonyl (C=O) groups excluding carboxylic acids is 3. The third kappa shape index (κ3) is 5.71. The van der Waals surface area contributed by atoms with Crippen molar-refractivity contribution in [3.05, 3.63) is 46.5 Å². The number of aromatic nitrogens is 2. The summed E-state index contributed by atoms with van der Waals surface area (Å²) in [6.07, 6.45) is 3.25. The van der Waals surface area contributed by atoms with Gasteiger partial charge < -0.3 is 25.7 Å². The van der Waals surface area contributed by atoms with Crippen LogP contribution in [0.1, 0.15) is 59.6 Å². The van der Waals surface area contributed by atoms with Gasteiger partial charge in [-0.15, -0.1) is 0 Å². The number of hydrogen-bond acceptors (Lipinski definition) is 5. The van der Waals surface area contributed by atoms with Crippen LogP contribution in [-0.2, 0) is 9.53 Å². The molecule has 1 fully saturated rings. The Labute approximate surface area is 200 Å². The van der Waals surface area contributed by atoms with Crippen molar-refractivity contribution in [3.63, 3.8) is 0 Å². The van der Waals surface area contributed by atoms with Crippen LogP contribution in [0.3, 0.4) is 0 Å². The predicted octanol–water partition coefficient (Wildman–Crippen LogP) is 3.05. The van der Waals surface area contributed by atoms with Gasteiger partial charge in [-0.1, -0.05) is 11.6 Å². The fourth-order valence-corrected chi connectivity index (χ4v) is 4.38. The highest BCUT2D eigenvalue weighted by molar-refractivity contribution is 6.33. The van der Waals surface area contributed by atoms with Crippen LogP contribution in [0, 0.1) is 17.6 Å². The van der Waals surface area contributed by atoms with E-state index in [1.165, 1.54) is 13.4 Å². The van der Waals surface area contributed by atoms with Gasteiger partial charge in [0.2, 0.25) is 5.91 Å². The Morgan fingerprint density at radius 2 is 1.94 bits per heavy atom. The molecule has 0 bridgehead atoms. The minimum absolute atomic E-state index is 0.00446. The number of benzene rings is 1. The van der Waals surface area contributed by atoms with E-state index in [2.05, 4.69) is 15.6 Å². The molecule has 4 N–H and O–H groups in total. The van der Waals surface area contributed by atoms with Gasteiger partial charge in [0.25, 0.3) is 11.8 Å². The van der Waals surface area contributed by atoms with Crippen molar-refractivity contribution in [2.75, 3.05) is 19.0 Å². The quantitative estimate of drug-likeness (QED) is 0.516. The summed E-state index contributed by atoms with van der Waals surface area (Å²) in [5.74, 6) is -3.99. The number of carbonyl (C=O) groups is 3. The Kier molecular flexibility index (Phi) is 8.21. The van der Waals surface area contributed by atoms with E-state index in [-0.39, 0.29) is 40.8 Å². The van der Waals surface area contributed by atoms with E-state index >= 15 is 0 Å². The van der Waals surface area contributed by atoms with E-state index in [9.17, 15) is 23.2 Å². The minimum Gasteiger partial charge on any atom is -0.383 e. The van der Waals surface area contributed by atoms with Crippen molar-refractivity contribution in [1.29, 1.82) is 0 Å². The van der Waals surface area contributed by atoms with Crippen LogP contribution in [0.5, 0.6) is 0 Å². The Bertz CT molecular complexity index is 1060. The van der Waals surface area contributed by atoms with Crippen LogP contribution in [0.2, 0.25) is 5.02 Å². The summed E-state index contributed by atoms with van der Waals surface area (Å²) < 4.78 is 33.8. The molecule has 1 atom stereocenters. The molecule has 0 spiro atoms. The summed E-state index contributed by atoms with van der Waals surface area (Å²) in [7, 11) is 1.51. The average Bonchev–Trinajstić information content (AvgIpc) is 3.22. The number of hydrogen-bond donors (Lipinski definition) is 3. The number of nitrogens with one attached hydrogen (secondary N) is 2. The number of primary amides is 1. The number of nitrogens with two attached hydrogens (primary N) is 1. The third-order valence-corrected chi connectivity index (χ3v) is 6.05. The summed E-state index contributed by atoms with van der Waals surface area (Å²) >= 11 is 5.86. The van der Waals surface area contributed by atoms with Crippen molar-refractivity contribution < 1.29 is 27.9 Å². The Hall–Kier alpha value is -3.05. The first-order valence-corrected chi connectivity index (χ1v) is 11.1. The molecule has 3 rings (SSSR count). The Balaban J connectivity index is 1.68. The second kappa shape index (κ2) is 10.9. The number of halogens is 3. The molecule has 34 heavy (non-hydrogen) atoms. The molecule has 1 aromatic carbocycles. The second-order valence-corrected chi connectivity index (χ2v) is 8.69. The van der Waals surface area contributed by atoms with Crippen LogP contribution >= 0.6 is 11.6 Å². The van der Waals surface area contributed by atoms with Crippen molar-refractivity contribution in [1.82, 2.24) is 14.9 Å². The molecule has 1 aliphatic carbocycles. The lowest BCUT2D eigenvalue weighted by Crippen LogP contribution is -2.37. The highest BCUT2D eigenvalue weighted by atomic mass is 35.5. The van der Waals surface area contributed by atoms with E-state index in [0.29, 0.717) is 31.7 Å². The van der Waals surface area contributed by atoms with Gasteiger partial charge in [-0.3, -0.25) is 14.4 Å². The number of nitrogens with zero attached hydrogens (tertiary/aromatic N) is 2. The molecule has 1 saturated carbocycles. The molecule has 1 aliphatic rings. The Morgan fingerprint density at radius 3 is 2.53 bits per heavy atom. The molecule has 0 aliphatic heterocycles. The molecular weight excluding hydrogens is 472 g/mol. The van der Waals surface area contributed by atoms with Gasteiger partial charge in [-0.25, -0.2) is 13.8 Å². The largest absolute Gasteiger partial charge is 0.383 e. The number of ether oxygens (including phenoxy) is 1. The summed E-state index contributed by atoms with van der Waals surface area (Å²) in [6.45, 7) is 2.04. The third-order valence-electron chi connectivity index (χ3n) is 5.75. The van der Waals surface area contributed by atoms with Crippen LogP contribution in [0.25, 0.3) is 0 Å². The maximum atomic E-state index is 14.0. The van der Waals surface area contributed by atoms with E-state index < -0.39 is 35.3 Å². The fraction of sp³-hybridized carbons (Fsp3) is 0.455. The summed E-state index contributed by atoms with van der Waals surface area (Å²) in [5, 5.41) is 4.91. The zero-order valence-electron chi connectivity index (χ0n) is 18.7. The lowest BCUT2D eigenvalue weighted by molar-refractivity contribution is -0.121. The van der Waals surface area contributed by atoms with E-state index in [1.807, 2.05) is 0 Å². The van der Waals surface area contributed by atoms with E-state index in [4.69, 9.17) is 22.1 Å². The molecular formula is C22H26ClF2N5O4. The molecule has 3 amide bonds. The first-order valence-electron chi connectivity index (χ1n) is 10.7. The number of amides is 3. The lowest BCUT2D eigenvalue weighted by Gasteiger charge is -2.29. The molecule has 184 valence electrons. The highest BCUT2D eigenvalue weighted by Gasteiger charge is 2.32. The zero-order chi connectivity index (χ0) is 25.0. The maximum absolute atomic E-state index is 14.0. The van der Waals surface area contributed by atoms with Gasteiger partial charge in [-0.05, 0) is 38.7 Å². The van der Waals surface area contributed by atoms with E-state index in [1.54, 1.807) is 11.5 Å². The van der Waals surface area contributed by atoms with Crippen molar-refractivity contribution in [3.8, 4) is 0 Å². The zero-order valence-corrected chi connectivity index (χ0v) is 19.5. The average molecular weight is 498 g/mol. The monoisotopic (exact) mass is 497 g/mol. The van der Waals surface area contributed by atoms with Crippen LogP contribution in [0.15, 0.2) is 18.5 Å².